The van der Waals surface area contributed by atoms with E-state index in [4.69, 9.17) is 37.0 Å². The summed E-state index contributed by atoms with van der Waals surface area (Å²) in [4.78, 5) is 72.8. The third-order valence-electron chi connectivity index (χ3n) is 17.9. The van der Waals surface area contributed by atoms with Gasteiger partial charge in [-0.2, -0.15) is 0 Å². The van der Waals surface area contributed by atoms with E-state index in [0.717, 1.165) is 102 Å². The minimum atomic E-state index is -4.96. The number of aliphatic hydroxyl groups is 1. The Bertz CT molecular complexity index is 1870. The number of ether oxygens (including phenoxy) is 4. The van der Waals surface area contributed by atoms with E-state index >= 15 is 0 Å². The van der Waals surface area contributed by atoms with Gasteiger partial charge >= 0.3 is 39.5 Å². The van der Waals surface area contributed by atoms with Crippen molar-refractivity contribution in [3.8, 4) is 0 Å². The maximum atomic E-state index is 13.1. The first-order valence-corrected chi connectivity index (χ1v) is 42.8. The van der Waals surface area contributed by atoms with Crippen molar-refractivity contribution in [3.05, 3.63) is 0 Å². The first kappa shape index (κ1) is 94.1. The van der Waals surface area contributed by atoms with E-state index in [1.807, 2.05) is 0 Å². The molecule has 2 unspecified atom stereocenters. The molecule has 0 aliphatic carbocycles. The lowest BCUT2D eigenvalue weighted by atomic mass is 10.0. The van der Waals surface area contributed by atoms with Gasteiger partial charge in [0.2, 0.25) is 0 Å². The van der Waals surface area contributed by atoms with E-state index in [2.05, 4.69) is 48.5 Å². The average molecular weight is 1410 g/mol. The summed E-state index contributed by atoms with van der Waals surface area (Å²) in [7, 11) is -9.91. The first-order chi connectivity index (χ1) is 46.2. The van der Waals surface area contributed by atoms with Gasteiger partial charge in [-0.15, -0.1) is 0 Å². The number of hydrogen-bond donors (Lipinski definition) is 3. The molecule has 0 fully saturated rings. The molecule has 0 heterocycles. The zero-order valence-electron chi connectivity index (χ0n) is 62.8. The molecular weight excluding hydrogens is 1260 g/mol. The number of phosphoric ester groups is 2. The molecule has 0 aromatic heterocycles. The Hall–Kier alpha value is -1.94. The van der Waals surface area contributed by atoms with Crippen molar-refractivity contribution in [3.63, 3.8) is 0 Å². The van der Waals surface area contributed by atoms with Gasteiger partial charge in [-0.3, -0.25) is 37.3 Å². The average Bonchev–Trinajstić information content (AvgIpc) is 1.71. The Morgan fingerprint density at radius 2 is 0.479 bits per heavy atom. The fourth-order valence-electron chi connectivity index (χ4n) is 11.8. The number of carbonyl (C=O) groups excluding carboxylic acids is 4. The highest BCUT2D eigenvalue weighted by atomic mass is 31.2. The maximum Gasteiger partial charge on any atom is 0.472 e. The van der Waals surface area contributed by atoms with Gasteiger partial charge in [0.15, 0.2) is 12.2 Å². The molecule has 0 saturated carbocycles. The van der Waals surface area contributed by atoms with Crippen LogP contribution in [0.15, 0.2) is 0 Å². The maximum absolute atomic E-state index is 13.1. The summed E-state index contributed by atoms with van der Waals surface area (Å²) in [5.74, 6) is 0.0900. The van der Waals surface area contributed by atoms with Crippen LogP contribution < -0.4 is 0 Å². The molecule has 0 bridgehead atoms. The molecule has 19 heteroatoms. The van der Waals surface area contributed by atoms with Crippen molar-refractivity contribution < 1.29 is 80.2 Å². The third kappa shape index (κ3) is 70.5. The zero-order valence-corrected chi connectivity index (χ0v) is 64.6. The fourth-order valence-corrected chi connectivity index (χ4v) is 13.4. The van der Waals surface area contributed by atoms with Crippen molar-refractivity contribution >= 4 is 39.5 Å². The van der Waals surface area contributed by atoms with Gasteiger partial charge in [0.25, 0.3) is 0 Å². The van der Waals surface area contributed by atoms with Gasteiger partial charge in [-0.1, -0.05) is 344 Å². The van der Waals surface area contributed by atoms with E-state index in [0.29, 0.717) is 37.5 Å². The largest absolute Gasteiger partial charge is 0.472 e. The van der Waals surface area contributed by atoms with Gasteiger partial charge in [0.05, 0.1) is 26.4 Å². The van der Waals surface area contributed by atoms with Crippen molar-refractivity contribution in [1.82, 2.24) is 0 Å². The highest BCUT2D eigenvalue weighted by Gasteiger charge is 2.30. The highest BCUT2D eigenvalue weighted by molar-refractivity contribution is 7.47. The smallest absolute Gasteiger partial charge is 0.462 e. The summed E-state index contributed by atoms with van der Waals surface area (Å²) < 4.78 is 68.5. The summed E-state index contributed by atoms with van der Waals surface area (Å²) in [5, 5.41) is 10.6. The monoisotopic (exact) mass is 1410 g/mol. The van der Waals surface area contributed by atoms with Crippen LogP contribution >= 0.6 is 15.6 Å². The summed E-state index contributed by atoms with van der Waals surface area (Å²) in [6.07, 6.45) is 54.4. The lowest BCUT2D eigenvalue weighted by Gasteiger charge is -2.21. The van der Waals surface area contributed by atoms with Crippen LogP contribution in [0, 0.1) is 17.8 Å². The highest BCUT2D eigenvalue weighted by Crippen LogP contribution is 2.45. The standard InChI is InChI=1S/C77H150O17P2/c1-8-9-10-11-12-13-14-15-16-17-21-24-27-30-37-44-51-58-74(79)87-64-72(93-76(81)60-53-46-38-31-28-25-22-19-18-20-23-26-29-34-41-48-55-68(2)3)66-91-95(83,84)89-62-71(78)63-90-96(85,86)92-67-73(94-77(82)61-54-47-40-33-36-43-50-57-70(6)7)65-88-75(80)59-52-45-39-32-35-42-49-56-69(4)5/h68-73,78H,8-67H2,1-7H3,(H,83,84)(H,85,86)/t71-,72-,73-/m1/s1. The van der Waals surface area contributed by atoms with Crippen LogP contribution in [0.2, 0.25) is 0 Å². The minimum Gasteiger partial charge on any atom is -0.462 e. The van der Waals surface area contributed by atoms with Crippen LogP contribution in [0.4, 0.5) is 0 Å². The van der Waals surface area contributed by atoms with Gasteiger partial charge < -0.3 is 33.8 Å². The molecule has 0 spiro atoms. The number of unbranched alkanes of at least 4 members (excludes halogenated alkanes) is 43. The van der Waals surface area contributed by atoms with Gasteiger partial charge in [-0.05, 0) is 43.4 Å². The van der Waals surface area contributed by atoms with Crippen LogP contribution in [0.1, 0.15) is 395 Å². The van der Waals surface area contributed by atoms with Gasteiger partial charge in [0.1, 0.15) is 19.3 Å². The quantitative estimate of drug-likeness (QED) is 0.0222. The van der Waals surface area contributed by atoms with Crippen molar-refractivity contribution in [1.29, 1.82) is 0 Å². The SMILES string of the molecule is CCCCCCCCCCCCCCCCCCCC(=O)OC[C@H](COP(=O)(O)OC[C@@H](O)COP(=O)(O)OC[C@@H](COC(=O)CCCCCCCCCC(C)C)OC(=O)CCCCCCCCCC(C)C)OC(=O)CCCCCCCCCCCCCCCCCCC(C)C. The second-order valence-electron chi connectivity index (χ2n) is 29.2. The Balaban J connectivity index is 5.21. The van der Waals surface area contributed by atoms with E-state index in [-0.39, 0.29) is 25.7 Å². The molecule has 0 aliphatic rings. The van der Waals surface area contributed by atoms with Crippen LogP contribution in [0.3, 0.4) is 0 Å². The third-order valence-corrected chi connectivity index (χ3v) is 19.8. The number of carbonyl (C=O) groups is 4. The summed E-state index contributed by atoms with van der Waals surface area (Å²) >= 11 is 0. The normalized spacial score (nSPS) is 14.1. The predicted octanol–water partition coefficient (Wildman–Crippen LogP) is 22.6. The van der Waals surface area contributed by atoms with Crippen LogP contribution in [0.25, 0.3) is 0 Å². The second kappa shape index (κ2) is 67.5. The lowest BCUT2D eigenvalue weighted by Crippen LogP contribution is -2.30. The van der Waals surface area contributed by atoms with Crippen LogP contribution in [0.5, 0.6) is 0 Å². The van der Waals surface area contributed by atoms with E-state index in [9.17, 15) is 43.2 Å². The summed E-state index contributed by atoms with van der Waals surface area (Å²) in [6, 6.07) is 0. The molecule has 0 aliphatic heterocycles. The number of rotatable bonds is 75. The Labute approximate surface area is 588 Å². The molecule has 570 valence electrons. The Morgan fingerprint density at radius 1 is 0.281 bits per heavy atom. The van der Waals surface area contributed by atoms with Gasteiger partial charge in [0, 0.05) is 25.7 Å². The minimum absolute atomic E-state index is 0.103. The van der Waals surface area contributed by atoms with E-state index < -0.39 is 97.5 Å². The molecule has 0 aromatic carbocycles. The van der Waals surface area contributed by atoms with Gasteiger partial charge in [-0.25, -0.2) is 9.13 Å². The molecule has 0 radical (unpaired) electrons. The molecule has 17 nitrogen and oxygen atoms in total. The zero-order chi connectivity index (χ0) is 70.9. The van der Waals surface area contributed by atoms with Crippen molar-refractivity contribution in [2.75, 3.05) is 39.6 Å². The second-order valence-corrected chi connectivity index (χ2v) is 32.1. The molecule has 96 heavy (non-hydrogen) atoms. The summed E-state index contributed by atoms with van der Waals surface area (Å²) in [5.41, 5.74) is 0. The molecule has 0 rings (SSSR count). The van der Waals surface area contributed by atoms with Crippen LogP contribution in [-0.4, -0.2) is 96.7 Å². The molecular formula is C77H150O17P2. The lowest BCUT2D eigenvalue weighted by molar-refractivity contribution is -0.161. The van der Waals surface area contributed by atoms with E-state index in [1.54, 1.807) is 0 Å². The summed E-state index contributed by atoms with van der Waals surface area (Å²) in [6.45, 7) is 11.8. The Kier molecular flexibility index (Phi) is 66.2. The van der Waals surface area contributed by atoms with E-state index in [1.165, 1.54) is 199 Å². The number of aliphatic hydroxyl groups excluding tert-OH is 1. The first-order valence-electron chi connectivity index (χ1n) is 39.8. The number of phosphoric acid groups is 2. The van der Waals surface area contributed by atoms with Crippen LogP contribution in [-0.2, 0) is 65.4 Å². The molecule has 0 saturated heterocycles. The number of esters is 4. The Morgan fingerprint density at radius 3 is 0.708 bits per heavy atom. The molecule has 0 aromatic rings. The molecule has 5 atom stereocenters. The predicted molar refractivity (Wildman–Crippen MR) is 391 cm³/mol. The molecule has 3 N–H and O–H groups in total. The topological polar surface area (TPSA) is 237 Å². The van der Waals surface area contributed by atoms with Crippen molar-refractivity contribution in [2.24, 2.45) is 17.8 Å². The number of hydrogen-bond acceptors (Lipinski definition) is 15. The fraction of sp³-hybridized carbons (Fsp3) is 0.948. The molecule has 0 amide bonds. The van der Waals surface area contributed by atoms with Crippen molar-refractivity contribution in [2.45, 2.75) is 414 Å².